The first-order valence-corrected chi connectivity index (χ1v) is 5.69. The number of carbonyl (C=O) groups is 1. The molecule has 0 saturated heterocycles. The van der Waals surface area contributed by atoms with Gasteiger partial charge in [-0.2, -0.15) is 5.26 Å². The highest BCUT2D eigenvalue weighted by Gasteiger charge is 2.17. The molecule has 0 aliphatic carbocycles. The molecule has 0 aliphatic rings. The van der Waals surface area contributed by atoms with Crippen molar-refractivity contribution in [2.75, 3.05) is 12.3 Å². The number of rotatable bonds is 4. The number of aromatic nitrogens is 1. The van der Waals surface area contributed by atoms with E-state index in [1.807, 2.05) is 0 Å². The number of nitrogens with one attached hydrogen (secondary N) is 1. The van der Waals surface area contributed by atoms with Gasteiger partial charge < -0.3 is 11.1 Å². The molecule has 0 aromatic carbocycles. The highest BCUT2D eigenvalue weighted by molar-refractivity contribution is 7.13. The Kier molecular flexibility index (Phi) is 3.85. The molecule has 1 heterocycles. The zero-order valence-corrected chi connectivity index (χ0v) is 10.1. The lowest BCUT2D eigenvalue weighted by atomic mass is 9.96. The standard InChI is InChI=1S/C10H14N4OS/c1-10(2,5-11)6-13-8(15)3-7-4-16-9(12)14-7/h4H,3,6H2,1-2H3,(H2,12,14)(H,13,15). The van der Waals surface area contributed by atoms with Crippen molar-refractivity contribution in [3.63, 3.8) is 0 Å². The number of thiazole rings is 1. The molecule has 0 bridgehead atoms. The number of nitrogen functional groups attached to an aromatic ring is 1. The zero-order valence-electron chi connectivity index (χ0n) is 9.28. The minimum absolute atomic E-state index is 0.145. The van der Waals surface area contributed by atoms with Gasteiger partial charge >= 0.3 is 0 Å². The fraction of sp³-hybridized carbons (Fsp3) is 0.500. The smallest absolute Gasteiger partial charge is 0.226 e. The fourth-order valence-electron chi connectivity index (χ4n) is 0.990. The van der Waals surface area contributed by atoms with E-state index < -0.39 is 5.41 Å². The summed E-state index contributed by atoms with van der Waals surface area (Å²) >= 11 is 1.31. The van der Waals surface area contributed by atoms with Crippen LogP contribution in [0.1, 0.15) is 19.5 Å². The molecule has 0 unspecified atom stereocenters. The second-order valence-corrected chi connectivity index (χ2v) is 5.02. The average molecular weight is 238 g/mol. The molecule has 0 radical (unpaired) electrons. The van der Waals surface area contributed by atoms with Gasteiger partial charge in [0.05, 0.1) is 23.6 Å². The summed E-state index contributed by atoms with van der Waals surface area (Å²) in [5.74, 6) is -0.145. The van der Waals surface area contributed by atoms with Crippen molar-refractivity contribution >= 4 is 22.4 Å². The molecular formula is C10H14N4OS. The highest BCUT2D eigenvalue weighted by atomic mass is 32.1. The Balaban J connectivity index is 2.41. The molecule has 0 atom stereocenters. The molecule has 1 aromatic rings. The highest BCUT2D eigenvalue weighted by Crippen LogP contribution is 2.12. The van der Waals surface area contributed by atoms with Crippen LogP contribution in [0.4, 0.5) is 5.13 Å². The summed E-state index contributed by atoms with van der Waals surface area (Å²) in [7, 11) is 0. The molecule has 3 N–H and O–H groups in total. The second kappa shape index (κ2) is 4.94. The van der Waals surface area contributed by atoms with Crippen LogP contribution in [0.5, 0.6) is 0 Å². The first-order chi connectivity index (χ1) is 7.43. The predicted octanol–water partition coefficient (Wildman–Crippen LogP) is 0.934. The van der Waals surface area contributed by atoms with E-state index in [2.05, 4.69) is 16.4 Å². The Morgan fingerprint density at radius 3 is 2.94 bits per heavy atom. The molecule has 86 valence electrons. The van der Waals surface area contributed by atoms with E-state index in [9.17, 15) is 4.79 Å². The molecule has 1 aromatic heterocycles. The lowest BCUT2D eigenvalue weighted by Crippen LogP contribution is -2.34. The minimum atomic E-state index is -0.545. The molecule has 16 heavy (non-hydrogen) atoms. The predicted molar refractivity (Wildman–Crippen MR) is 62.6 cm³/mol. The van der Waals surface area contributed by atoms with E-state index >= 15 is 0 Å². The quantitative estimate of drug-likeness (QED) is 0.816. The van der Waals surface area contributed by atoms with E-state index in [1.165, 1.54) is 11.3 Å². The van der Waals surface area contributed by atoms with Crippen LogP contribution < -0.4 is 11.1 Å². The number of anilines is 1. The Hall–Kier alpha value is -1.61. The van der Waals surface area contributed by atoms with Crippen molar-refractivity contribution in [1.82, 2.24) is 10.3 Å². The largest absolute Gasteiger partial charge is 0.375 e. The molecule has 1 rings (SSSR count). The zero-order chi connectivity index (χ0) is 12.2. The van der Waals surface area contributed by atoms with Gasteiger partial charge in [0.15, 0.2) is 5.13 Å². The summed E-state index contributed by atoms with van der Waals surface area (Å²) in [6.45, 7) is 3.88. The van der Waals surface area contributed by atoms with Crippen molar-refractivity contribution in [2.24, 2.45) is 5.41 Å². The van der Waals surface area contributed by atoms with Crippen LogP contribution in [-0.4, -0.2) is 17.4 Å². The first kappa shape index (κ1) is 12.5. The Morgan fingerprint density at radius 2 is 2.44 bits per heavy atom. The number of nitriles is 1. The van der Waals surface area contributed by atoms with E-state index in [0.717, 1.165) is 0 Å². The summed E-state index contributed by atoms with van der Waals surface area (Å²) in [6.07, 6.45) is 0.204. The molecule has 0 saturated carbocycles. The maximum absolute atomic E-state index is 11.5. The maximum atomic E-state index is 11.5. The molecule has 6 heteroatoms. The monoisotopic (exact) mass is 238 g/mol. The first-order valence-electron chi connectivity index (χ1n) is 4.81. The van der Waals surface area contributed by atoms with Crippen LogP contribution >= 0.6 is 11.3 Å². The van der Waals surface area contributed by atoms with Crippen LogP contribution in [0, 0.1) is 16.7 Å². The Labute approximate surface area is 98.3 Å². The van der Waals surface area contributed by atoms with Crippen molar-refractivity contribution in [1.29, 1.82) is 5.26 Å². The van der Waals surface area contributed by atoms with Crippen LogP contribution in [0.3, 0.4) is 0 Å². The third-order valence-corrected chi connectivity index (χ3v) is 2.66. The number of nitrogens with zero attached hydrogens (tertiary/aromatic N) is 2. The third-order valence-electron chi connectivity index (χ3n) is 1.94. The minimum Gasteiger partial charge on any atom is -0.375 e. The van der Waals surface area contributed by atoms with E-state index in [4.69, 9.17) is 11.0 Å². The van der Waals surface area contributed by atoms with Gasteiger partial charge in [-0.3, -0.25) is 4.79 Å². The number of hydrogen-bond acceptors (Lipinski definition) is 5. The molecular weight excluding hydrogens is 224 g/mol. The SMILES string of the molecule is CC(C)(C#N)CNC(=O)Cc1csc(N)n1. The number of nitrogens with two attached hydrogens (primary N) is 1. The topological polar surface area (TPSA) is 91.8 Å². The molecule has 1 amide bonds. The molecule has 5 nitrogen and oxygen atoms in total. The van der Waals surface area contributed by atoms with Crippen LogP contribution in [0.25, 0.3) is 0 Å². The maximum Gasteiger partial charge on any atom is 0.226 e. The summed E-state index contributed by atoms with van der Waals surface area (Å²) in [6, 6.07) is 2.12. The van der Waals surface area contributed by atoms with Crippen LogP contribution in [0.15, 0.2) is 5.38 Å². The third kappa shape index (κ3) is 3.87. The second-order valence-electron chi connectivity index (χ2n) is 4.13. The van der Waals surface area contributed by atoms with Gasteiger partial charge in [-0.15, -0.1) is 11.3 Å². The van der Waals surface area contributed by atoms with Gasteiger partial charge in [-0.1, -0.05) is 0 Å². The summed E-state index contributed by atoms with van der Waals surface area (Å²) < 4.78 is 0. The Bertz CT molecular complexity index is 419. The fourth-order valence-corrected chi connectivity index (χ4v) is 1.55. The Morgan fingerprint density at radius 1 is 1.75 bits per heavy atom. The van der Waals surface area contributed by atoms with Gasteiger partial charge in [0, 0.05) is 11.9 Å². The molecule has 0 fully saturated rings. The summed E-state index contributed by atoms with van der Waals surface area (Å²) in [5.41, 5.74) is 5.57. The lowest BCUT2D eigenvalue weighted by Gasteiger charge is -2.15. The summed E-state index contributed by atoms with van der Waals surface area (Å²) in [4.78, 5) is 15.5. The van der Waals surface area contributed by atoms with Gasteiger partial charge in [0.25, 0.3) is 0 Å². The van der Waals surface area contributed by atoms with E-state index in [-0.39, 0.29) is 12.3 Å². The molecule has 0 spiro atoms. The van der Waals surface area contributed by atoms with Gasteiger partial charge in [0.1, 0.15) is 0 Å². The van der Waals surface area contributed by atoms with Crippen molar-refractivity contribution in [2.45, 2.75) is 20.3 Å². The van der Waals surface area contributed by atoms with Crippen LogP contribution in [-0.2, 0) is 11.2 Å². The van der Waals surface area contributed by atoms with Crippen molar-refractivity contribution in [3.8, 4) is 6.07 Å². The van der Waals surface area contributed by atoms with Crippen LogP contribution in [0.2, 0.25) is 0 Å². The number of carbonyl (C=O) groups excluding carboxylic acids is 1. The van der Waals surface area contributed by atoms with E-state index in [1.54, 1.807) is 19.2 Å². The lowest BCUT2D eigenvalue weighted by molar-refractivity contribution is -0.120. The summed E-state index contributed by atoms with van der Waals surface area (Å²) in [5, 5.41) is 13.7. The van der Waals surface area contributed by atoms with Gasteiger partial charge in [-0.05, 0) is 13.8 Å². The normalized spacial score (nSPS) is 10.8. The average Bonchev–Trinajstić information content (AvgIpc) is 2.61. The van der Waals surface area contributed by atoms with Gasteiger partial charge in [-0.25, -0.2) is 4.98 Å². The molecule has 0 aliphatic heterocycles. The van der Waals surface area contributed by atoms with Gasteiger partial charge in [0.2, 0.25) is 5.91 Å². The van der Waals surface area contributed by atoms with Crippen molar-refractivity contribution < 1.29 is 4.79 Å². The number of amides is 1. The van der Waals surface area contributed by atoms with Crippen molar-refractivity contribution in [3.05, 3.63) is 11.1 Å². The van der Waals surface area contributed by atoms with E-state index in [0.29, 0.717) is 17.4 Å². The number of hydrogen-bond donors (Lipinski definition) is 2.